The van der Waals surface area contributed by atoms with Crippen LogP contribution >= 0.6 is 0 Å². The molecule has 2 heteroatoms. The molecular weight excluding hydrogens is 272 g/mol. The third-order valence-electron chi connectivity index (χ3n) is 3.47. The standard InChI is InChI=1S/C20H22O2/c1-15(2)14-19-7-5-4-6-17(19)11-8-16-9-12-18(13-10-16)20(21)22-3/h4-13,15H,14H2,1-3H3/b11-8+. The van der Waals surface area contributed by atoms with Gasteiger partial charge < -0.3 is 4.74 Å². The zero-order valence-corrected chi connectivity index (χ0v) is 13.4. The molecule has 0 N–H and O–H groups in total. The largest absolute Gasteiger partial charge is 0.465 e. The molecule has 0 aliphatic heterocycles. The number of hydrogen-bond acceptors (Lipinski definition) is 2. The van der Waals surface area contributed by atoms with Crippen molar-refractivity contribution in [1.82, 2.24) is 0 Å². The van der Waals surface area contributed by atoms with Crippen molar-refractivity contribution in [2.24, 2.45) is 5.92 Å². The average Bonchev–Trinajstić information content (AvgIpc) is 2.53. The van der Waals surface area contributed by atoms with E-state index in [1.807, 2.05) is 12.1 Å². The van der Waals surface area contributed by atoms with E-state index in [2.05, 4.69) is 50.3 Å². The second kappa shape index (κ2) is 7.60. The third kappa shape index (κ3) is 4.32. The second-order valence-electron chi connectivity index (χ2n) is 5.74. The van der Waals surface area contributed by atoms with Gasteiger partial charge in [-0.05, 0) is 41.2 Å². The smallest absolute Gasteiger partial charge is 0.337 e. The highest BCUT2D eigenvalue weighted by molar-refractivity contribution is 5.89. The third-order valence-corrected chi connectivity index (χ3v) is 3.47. The first-order valence-corrected chi connectivity index (χ1v) is 7.54. The van der Waals surface area contributed by atoms with Crippen LogP contribution in [0.2, 0.25) is 0 Å². The Hall–Kier alpha value is -2.35. The fourth-order valence-corrected chi connectivity index (χ4v) is 2.36. The summed E-state index contributed by atoms with van der Waals surface area (Å²) >= 11 is 0. The van der Waals surface area contributed by atoms with E-state index in [0.29, 0.717) is 11.5 Å². The Labute approximate surface area is 132 Å². The fraction of sp³-hybridized carbons (Fsp3) is 0.250. The molecule has 0 bridgehead atoms. The van der Waals surface area contributed by atoms with Crippen LogP contribution in [0.5, 0.6) is 0 Å². The first kappa shape index (κ1) is 16.0. The quantitative estimate of drug-likeness (QED) is 0.582. The maximum Gasteiger partial charge on any atom is 0.337 e. The Bertz CT molecular complexity index is 652. The first-order valence-electron chi connectivity index (χ1n) is 7.54. The monoisotopic (exact) mass is 294 g/mol. The number of carbonyl (C=O) groups excluding carboxylic acids is 1. The minimum Gasteiger partial charge on any atom is -0.465 e. The molecule has 0 saturated heterocycles. The molecule has 0 unspecified atom stereocenters. The van der Waals surface area contributed by atoms with Crippen LogP contribution < -0.4 is 0 Å². The van der Waals surface area contributed by atoms with Crippen LogP contribution in [-0.4, -0.2) is 13.1 Å². The van der Waals surface area contributed by atoms with E-state index in [9.17, 15) is 4.79 Å². The molecule has 0 spiro atoms. The van der Waals surface area contributed by atoms with Crippen LogP contribution in [0.1, 0.15) is 40.9 Å². The van der Waals surface area contributed by atoms with Gasteiger partial charge >= 0.3 is 5.97 Å². The van der Waals surface area contributed by atoms with Gasteiger partial charge in [-0.15, -0.1) is 0 Å². The molecule has 2 aromatic carbocycles. The number of methoxy groups -OCH3 is 1. The summed E-state index contributed by atoms with van der Waals surface area (Å²) in [6.45, 7) is 4.46. The Morgan fingerprint density at radius 1 is 1.05 bits per heavy atom. The normalized spacial score (nSPS) is 11.1. The summed E-state index contributed by atoms with van der Waals surface area (Å²) in [4.78, 5) is 11.4. The van der Waals surface area contributed by atoms with Crippen molar-refractivity contribution in [2.45, 2.75) is 20.3 Å². The van der Waals surface area contributed by atoms with Crippen molar-refractivity contribution in [2.75, 3.05) is 7.11 Å². The van der Waals surface area contributed by atoms with Gasteiger partial charge in [-0.2, -0.15) is 0 Å². The molecule has 0 aliphatic rings. The van der Waals surface area contributed by atoms with Crippen LogP contribution in [0, 0.1) is 5.92 Å². The molecule has 2 rings (SSSR count). The zero-order valence-electron chi connectivity index (χ0n) is 13.4. The van der Waals surface area contributed by atoms with Crippen LogP contribution in [-0.2, 0) is 11.2 Å². The molecule has 0 amide bonds. The fourth-order valence-electron chi connectivity index (χ4n) is 2.36. The lowest BCUT2D eigenvalue weighted by molar-refractivity contribution is 0.0600. The highest BCUT2D eigenvalue weighted by Crippen LogP contribution is 2.17. The maximum absolute atomic E-state index is 11.4. The van der Waals surface area contributed by atoms with Gasteiger partial charge in [0.1, 0.15) is 0 Å². The SMILES string of the molecule is COC(=O)c1ccc(/C=C/c2ccccc2CC(C)C)cc1. The lowest BCUT2D eigenvalue weighted by Crippen LogP contribution is -2.00. The number of benzene rings is 2. The molecule has 2 aromatic rings. The van der Waals surface area contributed by atoms with Crippen molar-refractivity contribution < 1.29 is 9.53 Å². The molecule has 22 heavy (non-hydrogen) atoms. The van der Waals surface area contributed by atoms with Gasteiger partial charge in [0.2, 0.25) is 0 Å². The first-order chi connectivity index (χ1) is 10.6. The summed E-state index contributed by atoms with van der Waals surface area (Å²) in [5.41, 5.74) is 4.24. The van der Waals surface area contributed by atoms with E-state index in [1.165, 1.54) is 18.2 Å². The Balaban J connectivity index is 2.16. The van der Waals surface area contributed by atoms with Crippen molar-refractivity contribution in [3.8, 4) is 0 Å². The van der Waals surface area contributed by atoms with Gasteiger partial charge in [-0.25, -0.2) is 4.79 Å². The summed E-state index contributed by atoms with van der Waals surface area (Å²) in [6, 6.07) is 15.9. The van der Waals surface area contributed by atoms with Crippen LogP contribution in [0.4, 0.5) is 0 Å². The van der Waals surface area contributed by atoms with Gasteiger partial charge in [-0.1, -0.05) is 62.4 Å². The predicted octanol–water partition coefficient (Wildman–Crippen LogP) is 4.84. The van der Waals surface area contributed by atoms with Crippen LogP contribution in [0.3, 0.4) is 0 Å². The molecule has 0 heterocycles. The van der Waals surface area contributed by atoms with E-state index in [4.69, 9.17) is 4.74 Å². The predicted molar refractivity (Wildman–Crippen MR) is 91.7 cm³/mol. The van der Waals surface area contributed by atoms with Crippen molar-refractivity contribution in [3.63, 3.8) is 0 Å². The Morgan fingerprint density at radius 3 is 2.36 bits per heavy atom. The minimum atomic E-state index is -0.308. The van der Waals surface area contributed by atoms with Gasteiger partial charge in [0.05, 0.1) is 12.7 Å². The van der Waals surface area contributed by atoms with E-state index >= 15 is 0 Å². The van der Waals surface area contributed by atoms with E-state index in [0.717, 1.165) is 12.0 Å². The topological polar surface area (TPSA) is 26.3 Å². The molecule has 0 saturated carbocycles. The average molecular weight is 294 g/mol. The Kier molecular flexibility index (Phi) is 5.54. The number of esters is 1. The van der Waals surface area contributed by atoms with Gasteiger partial charge in [0, 0.05) is 0 Å². The number of rotatable bonds is 5. The summed E-state index contributed by atoms with van der Waals surface area (Å²) < 4.78 is 4.70. The van der Waals surface area contributed by atoms with Crippen molar-refractivity contribution >= 4 is 18.1 Å². The number of carbonyl (C=O) groups is 1. The number of ether oxygens (including phenoxy) is 1. The highest BCUT2D eigenvalue weighted by atomic mass is 16.5. The Morgan fingerprint density at radius 2 is 1.73 bits per heavy atom. The number of hydrogen-bond donors (Lipinski definition) is 0. The molecule has 0 radical (unpaired) electrons. The second-order valence-corrected chi connectivity index (χ2v) is 5.74. The van der Waals surface area contributed by atoms with Crippen LogP contribution in [0.25, 0.3) is 12.2 Å². The van der Waals surface area contributed by atoms with Crippen LogP contribution in [0.15, 0.2) is 48.5 Å². The molecule has 0 aliphatic carbocycles. The molecule has 0 atom stereocenters. The summed E-state index contributed by atoms with van der Waals surface area (Å²) in [5.74, 6) is 0.326. The zero-order chi connectivity index (χ0) is 15.9. The maximum atomic E-state index is 11.4. The summed E-state index contributed by atoms with van der Waals surface area (Å²) in [7, 11) is 1.39. The highest BCUT2D eigenvalue weighted by Gasteiger charge is 2.04. The molecule has 114 valence electrons. The van der Waals surface area contributed by atoms with E-state index in [1.54, 1.807) is 12.1 Å². The minimum absolute atomic E-state index is 0.308. The molecule has 0 aromatic heterocycles. The summed E-state index contributed by atoms with van der Waals surface area (Å²) in [5, 5.41) is 0. The van der Waals surface area contributed by atoms with Gasteiger partial charge in [0.25, 0.3) is 0 Å². The van der Waals surface area contributed by atoms with Gasteiger partial charge in [-0.3, -0.25) is 0 Å². The van der Waals surface area contributed by atoms with E-state index in [-0.39, 0.29) is 5.97 Å². The van der Waals surface area contributed by atoms with E-state index < -0.39 is 0 Å². The lowest BCUT2D eigenvalue weighted by atomic mass is 9.97. The van der Waals surface area contributed by atoms with Gasteiger partial charge in [0.15, 0.2) is 0 Å². The van der Waals surface area contributed by atoms with Crippen molar-refractivity contribution in [1.29, 1.82) is 0 Å². The summed E-state index contributed by atoms with van der Waals surface area (Å²) in [6.07, 6.45) is 5.27. The molecule has 0 fully saturated rings. The molecule has 2 nitrogen and oxygen atoms in total. The molecular formula is C20H22O2. The lowest BCUT2D eigenvalue weighted by Gasteiger charge is -2.08. The van der Waals surface area contributed by atoms with Crippen molar-refractivity contribution in [3.05, 3.63) is 70.8 Å².